The Morgan fingerprint density at radius 1 is 1.50 bits per heavy atom. The molecule has 6 nitrogen and oxygen atoms in total. The van der Waals surface area contributed by atoms with Crippen LogP contribution in [0.3, 0.4) is 0 Å². The van der Waals surface area contributed by atoms with Crippen LogP contribution in [-0.4, -0.2) is 31.4 Å². The second-order valence-corrected chi connectivity index (χ2v) is 4.73. The monoisotopic (exact) mass is 263 g/mol. The molecule has 2 N–H and O–H groups in total. The molecule has 0 saturated heterocycles. The number of rotatable bonds is 4. The highest BCUT2D eigenvalue weighted by Crippen LogP contribution is 2.15. The van der Waals surface area contributed by atoms with Crippen LogP contribution in [0.5, 0.6) is 0 Å². The standard InChI is InChI=1S/C11H13N5OS/c1-7-5-8(2)16(15-7)10-3-4-13-11(14-10)18-6-9(12)17/h3-5H,6H2,1-2H3,(H2,12,17). The van der Waals surface area contributed by atoms with Gasteiger partial charge in [0, 0.05) is 18.0 Å². The zero-order valence-electron chi connectivity index (χ0n) is 10.1. The lowest BCUT2D eigenvalue weighted by atomic mass is 10.4. The minimum atomic E-state index is -0.389. The summed E-state index contributed by atoms with van der Waals surface area (Å²) in [6.07, 6.45) is 1.64. The fraction of sp³-hybridized carbons (Fsp3) is 0.273. The van der Waals surface area contributed by atoms with Crippen LogP contribution in [0.2, 0.25) is 0 Å². The number of thioether (sulfide) groups is 1. The van der Waals surface area contributed by atoms with Crippen LogP contribution >= 0.6 is 11.8 Å². The van der Waals surface area contributed by atoms with Crippen molar-refractivity contribution in [2.75, 3.05) is 5.75 Å². The van der Waals surface area contributed by atoms with E-state index >= 15 is 0 Å². The summed E-state index contributed by atoms with van der Waals surface area (Å²) in [5, 5.41) is 4.86. The van der Waals surface area contributed by atoms with Crippen LogP contribution < -0.4 is 5.73 Å². The van der Waals surface area contributed by atoms with Crippen LogP contribution in [-0.2, 0) is 4.79 Å². The molecule has 2 rings (SSSR count). The van der Waals surface area contributed by atoms with Gasteiger partial charge in [0.2, 0.25) is 5.91 Å². The number of carbonyl (C=O) groups excluding carboxylic acids is 1. The van der Waals surface area contributed by atoms with Crippen molar-refractivity contribution in [3.8, 4) is 5.82 Å². The van der Waals surface area contributed by atoms with Crippen molar-refractivity contribution < 1.29 is 4.79 Å². The maximum Gasteiger partial charge on any atom is 0.227 e. The number of hydrogen-bond donors (Lipinski definition) is 1. The highest BCUT2D eigenvalue weighted by molar-refractivity contribution is 7.99. The van der Waals surface area contributed by atoms with Gasteiger partial charge in [-0.05, 0) is 19.9 Å². The number of hydrogen-bond acceptors (Lipinski definition) is 5. The SMILES string of the molecule is Cc1cc(C)n(-c2ccnc(SCC(N)=O)n2)n1. The quantitative estimate of drug-likeness (QED) is 0.653. The average Bonchev–Trinajstić information content (AvgIpc) is 2.66. The summed E-state index contributed by atoms with van der Waals surface area (Å²) < 4.78 is 1.74. The summed E-state index contributed by atoms with van der Waals surface area (Å²) in [5.74, 6) is 0.461. The minimum Gasteiger partial charge on any atom is -0.369 e. The maximum absolute atomic E-state index is 10.7. The van der Waals surface area contributed by atoms with E-state index in [-0.39, 0.29) is 11.7 Å². The first kappa shape index (κ1) is 12.6. The van der Waals surface area contributed by atoms with Crippen molar-refractivity contribution in [1.82, 2.24) is 19.7 Å². The summed E-state index contributed by atoms with van der Waals surface area (Å²) in [4.78, 5) is 19.1. The lowest BCUT2D eigenvalue weighted by Gasteiger charge is -2.04. The van der Waals surface area contributed by atoms with Crippen molar-refractivity contribution in [2.45, 2.75) is 19.0 Å². The van der Waals surface area contributed by atoms with E-state index in [1.165, 1.54) is 11.8 Å². The number of primary amides is 1. The van der Waals surface area contributed by atoms with Gasteiger partial charge in [0.15, 0.2) is 11.0 Å². The molecule has 2 aromatic rings. The van der Waals surface area contributed by atoms with E-state index in [1.54, 1.807) is 16.9 Å². The van der Waals surface area contributed by atoms with Crippen LogP contribution in [0.25, 0.3) is 5.82 Å². The van der Waals surface area contributed by atoms with Gasteiger partial charge in [-0.25, -0.2) is 14.6 Å². The third-order valence-corrected chi connectivity index (χ3v) is 3.07. The molecule has 0 aromatic carbocycles. The van der Waals surface area contributed by atoms with Crippen molar-refractivity contribution in [3.05, 3.63) is 29.7 Å². The van der Waals surface area contributed by atoms with Gasteiger partial charge in [0.25, 0.3) is 0 Å². The number of aryl methyl sites for hydroxylation is 2. The van der Waals surface area contributed by atoms with Crippen LogP contribution in [0, 0.1) is 13.8 Å². The van der Waals surface area contributed by atoms with E-state index in [0.717, 1.165) is 11.4 Å². The molecule has 2 aromatic heterocycles. The van der Waals surface area contributed by atoms with Crippen molar-refractivity contribution in [1.29, 1.82) is 0 Å². The zero-order chi connectivity index (χ0) is 13.1. The number of aromatic nitrogens is 4. The van der Waals surface area contributed by atoms with E-state index in [4.69, 9.17) is 5.73 Å². The molecule has 2 heterocycles. The van der Waals surface area contributed by atoms with Crippen LogP contribution in [0.15, 0.2) is 23.5 Å². The molecule has 1 amide bonds. The van der Waals surface area contributed by atoms with E-state index in [9.17, 15) is 4.79 Å². The molecule has 0 spiro atoms. The molecule has 0 saturated carbocycles. The Morgan fingerprint density at radius 2 is 2.28 bits per heavy atom. The smallest absolute Gasteiger partial charge is 0.227 e. The summed E-state index contributed by atoms with van der Waals surface area (Å²) in [7, 11) is 0. The third-order valence-electron chi connectivity index (χ3n) is 2.19. The van der Waals surface area contributed by atoms with Gasteiger partial charge in [0.05, 0.1) is 11.4 Å². The van der Waals surface area contributed by atoms with E-state index in [1.807, 2.05) is 19.9 Å². The summed E-state index contributed by atoms with van der Waals surface area (Å²) in [6.45, 7) is 3.88. The Kier molecular flexibility index (Phi) is 3.61. The Morgan fingerprint density at radius 3 is 2.89 bits per heavy atom. The molecule has 0 aliphatic rings. The maximum atomic E-state index is 10.7. The molecule has 7 heteroatoms. The number of carbonyl (C=O) groups is 1. The topological polar surface area (TPSA) is 86.7 Å². The van der Waals surface area contributed by atoms with Gasteiger partial charge >= 0.3 is 0 Å². The Hall–Kier alpha value is -1.89. The first-order valence-electron chi connectivity index (χ1n) is 5.34. The highest BCUT2D eigenvalue weighted by atomic mass is 32.2. The molecular weight excluding hydrogens is 250 g/mol. The summed E-state index contributed by atoms with van der Waals surface area (Å²) in [6, 6.07) is 3.74. The van der Waals surface area contributed by atoms with Crippen LogP contribution in [0.4, 0.5) is 0 Å². The Labute approximate surface area is 109 Å². The molecular formula is C11H13N5OS. The number of amides is 1. The normalized spacial score (nSPS) is 10.6. The molecule has 0 atom stereocenters. The summed E-state index contributed by atoms with van der Waals surface area (Å²) in [5.41, 5.74) is 7.01. The number of nitrogens with two attached hydrogens (primary N) is 1. The molecule has 0 radical (unpaired) electrons. The minimum absolute atomic E-state index is 0.167. The average molecular weight is 263 g/mol. The predicted octanol–water partition coefficient (Wildman–Crippen LogP) is 0.857. The van der Waals surface area contributed by atoms with E-state index < -0.39 is 0 Å². The zero-order valence-corrected chi connectivity index (χ0v) is 10.9. The van der Waals surface area contributed by atoms with Crippen LogP contribution in [0.1, 0.15) is 11.4 Å². The van der Waals surface area contributed by atoms with Gasteiger partial charge in [0.1, 0.15) is 0 Å². The highest BCUT2D eigenvalue weighted by Gasteiger charge is 2.07. The lowest BCUT2D eigenvalue weighted by molar-refractivity contribution is -0.115. The van der Waals surface area contributed by atoms with E-state index in [0.29, 0.717) is 11.0 Å². The summed E-state index contributed by atoms with van der Waals surface area (Å²) >= 11 is 1.21. The lowest BCUT2D eigenvalue weighted by Crippen LogP contribution is -2.13. The molecule has 0 fully saturated rings. The Bertz CT molecular complexity index is 581. The largest absolute Gasteiger partial charge is 0.369 e. The molecule has 0 bridgehead atoms. The van der Waals surface area contributed by atoms with Gasteiger partial charge < -0.3 is 5.73 Å². The van der Waals surface area contributed by atoms with Crippen molar-refractivity contribution in [2.24, 2.45) is 5.73 Å². The molecule has 0 unspecified atom stereocenters. The van der Waals surface area contributed by atoms with Gasteiger partial charge in [-0.3, -0.25) is 4.79 Å². The molecule has 18 heavy (non-hydrogen) atoms. The van der Waals surface area contributed by atoms with Gasteiger partial charge in [-0.15, -0.1) is 0 Å². The van der Waals surface area contributed by atoms with Crippen molar-refractivity contribution >= 4 is 17.7 Å². The Balaban J connectivity index is 2.27. The molecule has 0 aliphatic heterocycles. The second kappa shape index (κ2) is 5.18. The first-order valence-corrected chi connectivity index (χ1v) is 6.32. The molecule has 94 valence electrons. The fourth-order valence-corrected chi connectivity index (χ4v) is 2.08. The van der Waals surface area contributed by atoms with E-state index in [2.05, 4.69) is 15.1 Å². The third kappa shape index (κ3) is 2.86. The van der Waals surface area contributed by atoms with Gasteiger partial charge in [-0.1, -0.05) is 11.8 Å². The first-order chi connectivity index (χ1) is 8.56. The van der Waals surface area contributed by atoms with Gasteiger partial charge in [-0.2, -0.15) is 5.10 Å². The second-order valence-electron chi connectivity index (χ2n) is 3.79. The molecule has 0 aliphatic carbocycles. The van der Waals surface area contributed by atoms with Crippen molar-refractivity contribution in [3.63, 3.8) is 0 Å². The predicted molar refractivity (Wildman–Crippen MR) is 68.5 cm³/mol. The number of nitrogens with zero attached hydrogens (tertiary/aromatic N) is 4. The fourth-order valence-electron chi connectivity index (χ4n) is 1.52.